The molecule has 0 amide bonds. The fourth-order valence-corrected chi connectivity index (χ4v) is 3.13. The van der Waals surface area contributed by atoms with Gasteiger partial charge in [-0.25, -0.2) is 0 Å². The second-order valence-electron chi connectivity index (χ2n) is 5.71. The summed E-state index contributed by atoms with van der Waals surface area (Å²) in [5.74, 6) is 2.25. The molecular formula is C16H24N2OS. The summed E-state index contributed by atoms with van der Waals surface area (Å²) in [5, 5.41) is 4.14. The van der Waals surface area contributed by atoms with E-state index in [1.54, 1.807) is 0 Å². The van der Waals surface area contributed by atoms with Crippen molar-refractivity contribution >= 4 is 23.0 Å². The zero-order valence-electron chi connectivity index (χ0n) is 12.6. The normalized spacial score (nSPS) is 22.4. The van der Waals surface area contributed by atoms with Crippen LogP contribution in [0.25, 0.3) is 0 Å². The summed E-state index contributed by atoms with van der Waals surface area (Å²) in [6.45, 7) is 9.30. The summed E-state index contributed by atoms with van der Waals surface area (Å²) < 4.78 is 5.63. The Morgan fingerprint density at radius 2 is 1.95 bits per heavy atom. The van der Waals surface area contributed by atoms with E-state index in [1.807, 2.05) is 31.2 Å². The van der Waals surface area contributed by atoms with E-state index in [4.69, 9.17) is 17.0 Å². The lowest BCUT2D eigenvalue weighted by Crippen LogP contribution is -2.44. The van der Waals surface area contributed by atoms with Crippen molar-refractivity contribution in [1.82, 2.24) is 4.90 Å². The van der Waals surface area contributed by atoms with Gasteiger partial charge in [0, 0.05) is 13.1 Å². The largest absolute Gasteiger partial charge is 0.492 e. The number of piperidine rings is 1. The van der Waals surface area contributed by atoms with Gasteiger partial charge in [-0.05, 0) is 49.5 Å². The molecule has 0 radical (unpaired) electrons. The maximum absolute atomic E-state index is 5.63. The monoisotopic (exact) mass is 292 g/mol. The second kappa shape index (κ2) is 6.93. The van der Waals surface area contributed by atoms with Gasteiger partial charge in [0.25, 0.3) is 0 Å². The molecule has 2 atom stereocenters. The molecule has 0 aliphatic carbocycles. The quantitative estimate of drug-likeness (QED) is 0.857. The van der Waals surface area contributed by atoms with Gasteiger partial charge in [0.05, 0.1) is 12.3 Å². The van der Waals surface area contributed by atoms with Gasteiger partial charge in [0.2, 0.25) is 0 Å². The van der Waals surface area contributed by atoms with Gasteiger partial charge in [-0.3, -0.25) is 0 Å². The Balaban J connectivity index is 2.04. The molecule has 1 aliphatic heterocycles. The van der Waals surface area contributed by atoms with Crippen LogP contribution in [0.15, 0.2) is 24.3 Å². The number of thiocarbonyl (C=S) groups is 1. The third-order valence-corrected chi connectivity index (χ3v) is 3.94. The average Bonchev–Trinajstić information content (AvgIpc) is 2.40. The lowest BCUT2D eigenvalue weighted by molar-refractivity contribution is 0.216. The summed E-state index contributed by atoms with van der Waals surface area (Å²) in [6.07, 6.45) is 1.29. The van der Waals surface area contributed by atoms with Crippen LogP contribution in [-0.4, -0.2) is 29.7 Å². The van der Waals surface area contributed by atoms with Crippen molar-refractivity contribution in [2.24, 2.45) is 11.8 Å². The van der Waals surface area contributed by atoms with E-state index in [9.17, 15) is 0 Å². The predicted molar refractivity (Wildman–Crippen MR) is 88.3 cm³/mol. The maximum Gasteiger partial charge on any atom is 0.173 e. The fourth-order valence-electron chi connectivity index (χ4n) is 2.87. The number of nitrogens with zero attached hydrogens (tertiary/aromatic N) is 1. The molecular weight excluding hydrogens is 268 g/mol. The molecule has 0 saturated carbocycles. The molecule has 1 aromatic rings. The van der Waals surface area contributed by atoms with Crippen LogP contribution in [-0.2, 0) is 0 Å². The number of hydrogen-bond donors (Lipinski definition) is 1. The molecule has 1 N–H and O–H groups in total. The van der Waals surface area contributed by atoms with Gasteiger partial charge in [-0.15, -0.1) is 0 Å². The first kappa shape index (κ1) is 15.1. The number of nitrogens with one attached hydrogen (secondary N) is 1. The fraction of sp³-hybridized carbons (Fsp3) is 0.562. The molecule has 110 valence electrons. The minimum atomic E-state index is 0.656. The summed E-state index contributed by atoms with van der Waals surface area (Å²) in [4.78, 5) is 2.27. The van der Waals surface area contributed by atoms with Crippen LogP contribution >= 0.6 is 12.2 Å². The molecule has 2 rings (SSSR count). The first-order chi connectivity index (χ1) is 9.60. The highest BCUT2D eigenvalue weighted by atomic mass is 32.1. The van der Waals surface area contributed by atoms with Gasteiger partial charge in [0.15, 0.2) is 5.11 Å². The van der Waals surface area contributed by atoms with Crippen molar-refractivity contribution in [3.8, 4) is 5.75 Å². The molecule has 1 saturated heterocycles. The van der Waals surface area contributed by atoms with E-state index in [2.05, 4.69) is 24.1 Å². The van der Waals surface area contributed by atoms with Gasteiger partial charge >= 0.3 is 0 Å². The van der Waals surface area contributed by atoms with E-state index in [0.29, 0.717) is 18.4 Å². The topological polar surface area (TPSA) is 24.5 Å². The van der Waals surface area contributed by atoms with Crippen LogP contribution in [0.1, 0.15) is 27.2 Å². The molecule has 1 aromatic carbocycles. The Bertz CT molecular complexity index is 454. The van der Waals surface area contributed by atoms with E-state index in [0.717, 1.165) is 29.6 Å². The summed E-state index contributed by atoms with van der Waals surface area (Å²) in [5.41, 5.74) is 0.949. The zero-order chi connectivity index (χ0) is 14.5. The lowest BCUT2D eigenvalue weighted by Gasteiger charge is -2.36. The Hall–Kier alpha value is -1.29. The number of para-hydroxylation sites is 2. The number of anilines is 1. The van der Waals surface area contributed by atoms with E-state index in [-0.39, 0.29) is 0 Å². The molecule has 0 bridgehead atoms. The van der Waals surface area contributed by atoms with E-state index < -0.39 is 0 Å². The van der Waals surface area contributed by atoms with Crippen molar-refractivity contribution in [3.05, 3.63) is 24.3 Å². The summed E-state index contributed by atoms with van der Waals surface area (Å²) in [6, 6.07) is 7.95. The van der Waals surface area contributed by atoms with Crippen molar-refractivity contribution < 1.29 is 4.74 Å². The van der Waals surface area contributed by atoms with Gasteiger partial charge < -0.3 is 15.0 Å². The Morgan fingerprint density at radius 3 is 2.60 bits per heavy atom. The van der Waals surface area contributed by atoms with Gasteiger partial charge in [-0.2, -0.15) is 0 Å². The average molecular weight is 292 g/mol. The number of rotatable bonds is 3. The second-order valence-corrected chi connectivity index (χ2v) is 6.10. The Kier molecular flexibility index (Phi) is 5.24. The van der Waals surface area contributed by atoms with Crippen LogP contribution in [0, 0.1) is 11.8 Å². The molecule has 1 heterocycles. The number of ether oxygens (including phenoxy) is 1. The highest BCUT2D eigenvalue weighted by Crippen LogP contribution is 2.26. The molecule has 0 unspecified atom stereocenters. The third kappa shape index (κ3) is 3.85. The lowest BCUT2D eigenvalue weighted by atomic mass is 9.92. The number of hydrogen-bond acceptors (Lipinski definition) is 2. The van der Waals surface area contributed by atoms with Crippen molar-refractivity contribution in [1.29, 1.82) is 0 Å². The van der Waals surface area contributed by atoms with Crippen LogP contribution in [0.2, 0.25) is 0 Å². The maximum atomic E-state index is 5.63. The van der Waals surface area contributed by atoms with Gasteiger partial charge in [0.1, 0.15) is 5.75 Å². The smallest absolute Gasteiger partial charge is 0.173 e. The van der Waals surface area contributed by atoms with Gasteiger partial charge in [-0.1, -0.05) is 26.0 Å². The third-order valence-electron chi connectivity index (χ3n) is 3.58. The Morgan fingerprint density at radius 1 is 1.30 bits per heavy atom. The minimum absolute atomic E-state index is 0.656. The highest BCUT2D eigenvalue weighted by Gasteiger charge is 2.23. The molecule has 4 heteroatoms. The molecule has 0 aromatic heterocycles. The molecule has 1 fully saturated rings. The van der Waals surface area contributed by atoms with E-state index in [1.165, 1.54) is 6.42 Å². The van der Waals surface area contributed by atoms with Crippen molar-refractivity contribution in [2.45, 2.75) is 27.2 Å². The van der Waals surface area contributed by atoms with Crippen LogP contribution in [0.4, 0.5) is 5.69 Å². The summed E-state index contributed by atoms with van der Waals surface area (Å²) in [7, 11) is 0. The zero-order valence-corrected chi connectivity index (χ0v) is 13.4. The first-order valence-corrected chi connectivity index (χ1v) is 7.78. The first-order valence-electron chi connectivity index (χ1n) is 7.38. The molecule has 0 spiro atoms. The molecule has 20 heavy (non-hydrogen) atoms. The standard InChI is InChI=1S/C16H24N2OS/c1-4-19-15-8-6-5-7-14(15)17-16(20)18-10-12(2)9-13(3)11-18/h5-8,12-13H,4,9-11H2,1-3H3,(H,17,20)/t12-,13-/m0/s1. The van der Waals surface area contributed by atoms with Crippen LogP contribution in [0.5, 0.6) is 5.75 Å². The van der Waals surface area contributed by atoms with Crippen LogP contribution in [0.3, 0.4) is 0 Å². The van der Waals surface area contributed by atoms with Crippen molar-refractivity contribution in [3.63, 3.8) is 0 Å². The minimum Gasteiger partial charge on any atom is -0.492 e. The van der Waals surface area contributed by atoms with E-state index >= 15 is 0 Å². The summed E-state index contributed by atoms with van der Waals surface area (Å²) >= 11 is 5.56. The van der Waals surface area contributed by atoms with Crippen molar-refractivity contribution in [2.75, 3.05) is 25.0 Å². The SMILES string of the molecule is CCOc1ccccc1NC(=S)N1C[C@@H](C)C[C@H](C)C1. The van der Waals surface area contributed by atoms with Crippen LogP contribution < -0.4 is 10.1 Å². The number of benzene rings is 1. The Labute approximate surface area is 127 Å². The predicted octanol–water partition coefficient (Wildman–Crippen LogP) is 3.76. The molecule has 3 nitrogen and oxygen atoms in total. The number of likely N-dealkylation sites (tertiary alicyclic amines) is 1. The highest BCUT2D eigenvalue weighted by molar-refractivity contribution is 7.80. The molecule has 1 aliphatic rings.